The Morgan fingerprint density at radius 3 is 2.13 bits per heavy atom. The van der Waals surface area contributed by atoms with Gasteiger partial charge in [-0.25, -0.2) is 0 Å². The Morgan fingerprint density at radius 1 is 1.03 bits per heavy atom. The van der Waals surface area contributed by atoms with Crippen LogP contribution in [0.15, 0.2) is 12.1 Å². The molecule has 0 aromatic heterocycles. The molecule has 0 bridgehead atoms. The number of carboxylic acid groups (broad SMARTS) is 1. The Hall–Kier alpha value is -2.77. The van der Waals surface area contributed by atoms with Crippen LogP contribution < -0.4 is 9.47 Å². The average molecular weight is 434 g/mol. The number of aliphatic carboxylic acids is 1. The minimum atomic E-state index is -1.70. The molecule has 1 aromatic carbocycles. The van der Waals surface area contributed by atoms with Crippen molar-refractivity contribution in [3.63, 3.8) is 0 Å². The van der Waals surface area contributed by atoms with Crippen LogP contribution in [0.3, 0.4) is 0 Å². The first-order valence-electron chi connectivity index (χ1n) is 10.3. The van der Waals surface area contributed by atoms with Crippen molar-refractivity contribution in [2.45, 2.75) is 77.9 Å². The molecule has 0 fully saturated rings. The molecule has 2 aliphatic rings. The van der Waals surface area contributed by atoms with Crippen molar-refractivity contribution in [2.75, 3.05) is 6.79 Å². The van der Waals surface area contributed by atoms with E-state index >= 15 is 0 Å². The third kappa shape index (κ3) is 4.78. The fraction of sp³-hybridized carbons (Fsp3) is 0.609. The van der Waals surface area contributed by atoms with Crippen LogP contribution in [0.5, 0.6) is 11.5 Å². The molecule has 1 aliphatic carbocycles. The highest BCUT2D eigenvalue weighted by atomic mass is 16.7. The molecule has 8 nitrogen and oxygen atoms in total. The van der Waals surface area contributed by atoms with Crippen molar-refractivity contribution in [3.8, 4) is 11.5 Å². The normalized spacial score (nSPS) is 19.4. The molecule has 1 heterocycles. The zero-order chi connectivity index (χ0) is 23.2. The smallest absolute Gasteiger partial charge is 0.324 e. The Bertz CT molecular complexity index is 875. The highest BCUT2D eigenvalue weighted by Gasteiger charge is 2.56. The summed E-state index contributed by atoms with van der Waals surface area (Å²) < 4.78 is 22.4. The molecule has 0 saturated heterocycles. The molecule has 1 aliphatic heterocycles. The first-order valence-corrected chi connectivity index (χ1v) is 10.3. The van der Waals surface area contributed by atoms with E-state index in [1.54, 1.807) is 53.7 Å². The Kier molecular flexibility index (Phi) is 5.71. The summed E-state index contributed by atoms with van der Waals surface area (Å²) in [4.78, 5) is 38.6. The lowest BCUT2D eigenvalue weighted by molar-refractivity contribution is -0.187. The first kappa shape index (κ1) is 22.9. The number of hydrogen-bond acceptors (Lipinski definition) is 7. The van der Waals surface area contributed by atoms with Gasteiger partial charge in [-0.2, -0.15) is 0 Å². The van der Waals surface area contributed by atoms with Gasteiger partial charge in [-0.3, -0.25) is 14.4 Å². The quantitative estimate of drug-likeness (QED) is 0.566. The number of fused-ring (bicyclic) bond motifs is 3. The van der Waals surface area contributed by atoms with Gasteiger partial charge in [0.25, 0.3) is 0 Å². The topological polar surface area (TPSA) is 108 Å². The number of esters is 2. The summed E-state index contributed by atoms with van der Waals surface area (Å²) >= 11 is 0. The van der Waals surface area contributed by atoms with Crippen molar-refractivity contribution in [1.82, 2.24) is 0 Å². The fourth-order valence-electron chi connectivity index (χ4n) is 4.05. The van der Waals surface area contributed by atoms with Gasteiger partial charge < -0.3 is 24.1 Å². The maximum absolute atomic E-state index is 13.5. The minimum Gasteiger partial charge on any atom is -0.481 e. The molecule has 8 heteroatoms. The number of benzene rings is 1. The van der Waals surface area contributed by atoms with Crippen LogP contribution >= 0.6 is 0 Å². The predicted octanol–water partition coefficient (Wildman–Crippen LogP) is 3.59. The molecule has 170 valence electrons. The van der Waals surface area contributed by atoms with Crippen molar-refractivity contribution >= 4 is 17.9 Å². The largest absolute Gasteiger partial charge is 0.481 e. The molecular formula is C23H30O8. The lowest BCUT2D eigenvalue weighted by atomic mass is 9.65. The molecule has 0 amide bonds. The van der Waals surface area contributed by atoms with E-state index in [0.29, 0.717) is 17.1 Å². The van der Waals surface area contributed by atoms with E-state index in [1.807, 2.05) is 0 Å². The van der Waals surface area contributed by atoms with Gasteiger partial charge in [0.05, 0.1) is 6.42 Å². The van der Waals surface area contributed by atoms with Crippen LogP contribution in [0, 0.1) is 5.41 Å². The number of carbonyl (C=O) groups is 3. The zero-order valence-electron chi connectivity index (χ0n) is 18.9. The van der Waals surface area contributed by atoms with Crippen LogP contribution in [0.4, 0.5) is 0 Å². The monoisotopic (exact) mass is 434 g/mol. The lowest BCUT2D eigenvalue weighted by Gasteiger charge is -2.40. The first-order chi connectivity index (χ1) is 14.2. The SMILES string of the molecule is CC(C)(C)OC(=O)C1(C(=O)OC(C)(C)C)Cc2c(ccc3c2OCO3)C(CC(=O)O)C1. The highest BCUT2D eigenvalue weighted by Crippen LogP contribution is 2.52. The van der Waals surface area contributed by atoms with E-state index in [1.165, 1.54) is 0 Å². The molecule has 1 aromatic rings. The van der Waals surface area contributed by atoms with Gasteiger partial charge in [-0.1, -0.05) is 6.07 Å². The number of ether oxygens (including phenoxy) is 4. The summed E-state index contributed by atoms with van der Waals surface area (Å²) in [6, 6.07) is 3.51. The van der Waals surface area contributed by atoms with E-state index < -0.39 is 40.4 Å². The van der Waals surface area contributed by atoms with Crippen molar-refractivity contribution in [2.24, 2.45) is 5.41 Å². The Labute approximate surface area is 181 Å². The second-order valence-corrected chi connectivity index (χ2v) is 10.1. The minimum absolute atomic E-state index is 0.0151. The number of rotatable bonds is 4. The molecule has 0 spiro atoms. The van der Waals surface area contributed by atoms with Gasteiger partial charge in [-0.15, -0.1) is 0 Å². The highest BCUT2D eigenvalue weighted by molar-refractivity contribution is 6.01. The summed E-state index contributed by atoms with van der Waals surface area (Å²) in [6.45, 7) is 10.3. The third-order valence-corrected chi connectivity index (χ3v) is 5.19. The number of hydrogen-bond donors (Lipinski definition) is 1. The average Bonchev–Trinajstić information content (AvgIpc) is 3.07. The van der Waals surface area contributed by atoms with Gasteiger partial charge in [0.2, 0.25) is 6.79 Å². The van der Waals surface area contributed by atoms with Crippen LogP contribution in [0.1, 0.15) is 71.4 Å². The van der Waals surface area contributed by atoms with Crippen LogP contribution in [0.2, 0.25) is 0 Å². The number of carboxylic acids is 1. The lowest BCUT2D eigenvalue weighted by Crippen LogP contribution is -2.50. The van der Waals surface area contributed by atoms with E-state index in [2.05, 4.69) is 0 Å². The summed E-state index contributed by atoms with van der Waals surface area (Å²) in [7, 11) is 0. The van der Waals surface area contributed by atoms with Gasteiger partial charge >= 0.3 is 17.9 Å². The van der Waals surface area contributed by atoms with Gasteiger partial charge in [-0.05, 0) is 65.5 Å². The maximum Gasteiger partial charge on any atom is 0.324 e. The zero-order valence-corrected chi connectivity index (χ0v) is 18.9. The molecule has 1 atom stereocenters. The van der Waals surface area contributed by atoms with Gasteiger partial charge in [0.1, 0.15) is 11.2 Å². The molecule has 1 unspecified atom stereocenters. The summed E-state index contributed by atoms with van der Waals surface area (Å²) in [6.07, 6.45) is -0.301. The molecule has 1 N–H and O–H groups in total. The van der Waals surface area contributed by atoms with Crippen LogP contribution in [-0.2, 0) is 30.3 Å². The standard InChI is InChI=1S/C23H30O8/c1-21(2,3)30-19(26)23(20(27)31-22(4,5)6)10-13(9-17(24)25)14-7-8-16-18(15(14)11-23)29-12-28-16/h7-8,13H,9-12H2,1-6H3,(H,24,25). The molecular weight excluding hydrogens is 404 g/mol. The van der Waals surface area contributed by atoms with Gasteiger partial charge in [0.15, 0.2) is 16.9 Å². The molecule has 31 heavy (non-hydrogen) atoms. The second kappa shape index (κ2) is 7.73. The van der Waals surface area contributed by atoms with Crippen LogP contribution in [-0.4, -0.2) is 41.0 Å². The van der Waals surface area contributed by atoms with E-state index in [9.17, 15) is 19.5 Å². The van der Waals surface area contributed by atoms with Gasteiger partial charge in [0, 0.05) is 12.0 Å². The van der Waals surface area contributed by atoms with Crippen molar-refractivity contribution in [1.29, 1.82) is 0 Å². The molecule has 3 rings (SSSR count). The van der Waals surface area contributed by atoms with E-state index in [0.717, 1.165) is 5.56 Å². The second-order valence-electron chi connectivity index (χ2n) is 10.1. The van der Waals surface area contributed by atoms with Crippen molar-refractivity contribution in [3.05, 3.63) is 23.3 Å². The third-order valence-electron chi connectivity index (χ3n) is 5.19. The summed E-state index contributed by atoms with van der Waals surface area (Å²) in [5.41, 5.74) is -2.06. The Morgan fingerprint density at radius 2 is 1.61 bits per heavy atom. The fourth-order valence-corrected chi connectivity index (χ4v) is 4.05. The number of carbonyl (C=O) groups excluding carboxylic acids is 2. The molecule has 0 radical (unpaired) electrons. The predicted molar refractivity (Wildman–Crippen MR) is 110 cm³/mol. The summed E-state index contributed by atoms with van der Waals surface area (Å²) in [5, 5.41) is 9.52. The Balaban J connectivity index is 2.16. The maximum atomic E-state index is 13.5. The van der Waals surface area contributed by atoms with E-state index in [-0.39, 0.29) is 26.1 Å². The van der Waals surface area contributed by atoms with Crippen LogP contribution in [0.25, 0.3) is 0 Å². The summed E-state index contributed by atoms with van der Waals surface area (Å²) in [5.74, 6) is -2.16. The molecule has 0 saturated carbocycles. The van der Waals surface area contributed by atoms with E-state index in [4.69, 9.17) is 18.9 Å². The van der Waals surface area contributed by atoms with Crippen molar-refractivity contribution < 1.29 is 38.4 Å².